The van der Waals surface area contributed by atoms with Crippen molar-refractivity contribution in [3.05, 3.63) is 63.3 Å². The first-order chi connectivity index (χ1) is 8.59. The largest absolute Gasteiger partial charge is 0.375 e. The van der Waals surface area contributed by atoms with Gasteiger partial charge in [-0.05, 0) is 46.6 Å². The summed E-state index contributed by atoms with van der Waals surface area (Å²) in [5.41, 5.74) is 1.39. The van der Waals surface area contributed by atoms with E-state index in [1.807, 2.05) is 31.2 Å². The van der Waals surface area contributed by atoms with Gasteiger partial charge in [-0.1, -0.05) is 35.9 Å². The lowest BCUT2D eigenvalue weighted by Gasteiger charge is -2.18. The van der Waals surface area contributed by atoms with Gasteiger partial charge in [0.2, 0.25) is 0 Å². The van der Waals surface area contributed by atoms with Gasteiger partial charge in [0.05, 0.1) is 11.7 Å². The Morgan fingerprint density at radius 1 is 1.17 bits per heavy atom. The first kappa shape index (κ1) is 13.4. The summed E-state index contributed by atoms with van der Waals surface area (Å²) in [6.07, 6.45) is 0. The standard InChI is InChI=1S/C14H12BrClFN/c1-9(10-5-2-3-7-12(10)16)18-14-11(15)6-4-8-13(14)17/h2-9,18H,1H3. The van der Waals surface area contributed by atoms with E-state index >= 15 is 0 Å². The molecule has 1 N–H and O–H groups in total. The number of rotatable bonds is 3. The molecule has 2 aromatic rings. The predicted octanol–water partition coefficient (Wildman–Crippen LogP) is 5.41. The Hall–Kier alpha value is -1.06. The van der Waals surface area contributed by atoms with Crippen molar-refractivity contribution in [1.29, 1.82) is 0 Å². The normalized spacial score (nSPS) is 12.2. The second-order valence-electron chi connectivity index (χ2n) is 3.98. The molecular formula is C14H12BrClFN. The van der Waals surface area contributed by atoms with E-state index in [0.29, 0.717) is 15.2 Å². The topological polar surface area (TPSA) is 12.0 Å². The van der Waals surface area contributed by atoms with Crippen molar-refractivity contribution in [1.82, 2.24) is 0 Å². The lowest BCUT2D eigenvalue weighted by molar-refractivity contribution is 0.626. The number of hydrogen-bond acceptors (Lipinski definition) is 1. The van der Waals surface area contributed by atoms with Gasteiger partial charge in [0, 0.05) is 9.50 Å². The molecular weight excluding hydrogens is 317 g/mol. The fourth-order valence-electron chi connectivity index (χ4n) is 1.76. The van der Waals surface area contributed by atoms with Crippen LogP contribution in [0.1, 0.15) is 18.5 Å². The monoisotopic (exact) mass is 327 g/mol. The van der Waals surface area contributed by atoms with E-state index in [-0.39, 0.29) is 11.9 Å². The second kappa shape index (κ2) is 5.72. The molecule has 0 aliphatic rings. The minimum absolute atomic E-state index is 0.0769. The molecule has 4 heteroatoms. The van der Waals surface area contributed by atoms with Crippen LogP contribution in [0.25, 0.3) is 0 Å². The maximum Gasteiger partial charge on any atom is 0.147 e. The molecule has 0 heterocycles. The summed E-state index contributed by atoms with van der Waals surface area (Å²) >= 11 is 9.45. The highest BCUT2D eigenvalue weighted by Gasteiger charge is 2.13. The highest BCUT2D eigenvalue weighted by atomic mass is 79.9. The van der Waals surface area contributed by atoms with Crippen LogP contribution in [0.4, 0.5) is 10.1 Å². The fraction of sp³-hybridized carbons (Fsp3) is 0.143. The van der Waals surface area contributed by atoms with Gasteiger partial charge in [-0.15, -0.1) is 0 Å². The van der Waals surface area contributed by atoms with Crippen LogP contribution in [-0.4, -0.2) is 0 Å². The van der Waals surface area contributed by atoms with Crippen LogP contribution in [0, 0.1) is 5.82 Å². The zero-order valence-corrected chi connectivity index (χ0v) is 12.1. The molecule has 0 aliphatic carbocycles. The van der Waals surface area contributed by atoms with Crippen molar-refractivity contribution in [3.8, 4) is 0 Å². The van der Waals surface area contributed by atoms with E-state index < -0.39 is 0 Å². The molecule has 94 valence electrons. The first-order valence-electron chi connectivity index (χ1n) is 5.54. The van der Waals surface area contributed by atoms with Crippen molar-refractivity contribution in [2.24, 2.45) is 0 Å². The average molecular weight is 329 g/mol. The summed E-state index contributed by atoms with van der Waals surface area (Å²) in [4.78, 5) is 0. The molecule has 0 amide bonds. The van der Waals surface area contributed by atoms with Crippen LogP contribution in [-0.2, 0) is 0 Å². The van der Waals surface area contributed by atoms with Crippen molar-refractivity contribution < 1.29 is 4.39 Å². The molecule has 1 atom stereocenters. The van der Waals surface area contributed by atoms with Gasteiger partial charge >= 0.3 is 0 Å². The van der Waals surface area contributed by atoms with Gasteiger partial charge in [0.25, 0.3) is 0 Å². The van der Waals surface area contributed by atoms with E-state index in [1.165, 1.54) is 6.07 Å². The maximum atomic E-state index is 13.7. The lowest BCUT2D eigenvalue weighted by Crippen LogP contribution is -2.09. The number of halogens is 3. The number of hydrogen-bond donors (Lipinski definition) is 1. The summed E-state index contributed by atoms with van der Waals surface area (Å²) in [6, 6.07) is 12.3. The Morgan fingerprint density at radius 2 is 1.89 bits per heavy atom. The Balaban J connectivity index is 2.27. The first-order valence-corrected chi connectivity index (χ1v) is 6.71. The van der Waals surface area contributed by atoms with Crippen molar-refractivity contribution in [3.63, 3.8) is 0 Å². The highest BCUT2D eigenvalue weighted by Crippen LogP contribution is 2.31. The third kappa shape index (κ3) is 2.85. The van der Waals surface area contributed by atoms with Crippen molar-refractivity contribution in [2.45, 2.75) is 13.0 Å². The summed E-state index contributed by atoms with van der Waals surface area (Å²) < 4.78 is 14.4. The zero-order chi connectivity index (χ0) is 13.1. The van der Waals surface area contributed by atoms with Gasteiger partial charge < -0.3 is 5.32 Å². The van der Waals surface area contributed by atoms with E-state index in [9.17, 15) is 4.39 Å². The summed E-state index contributed by atoms with van der Waals surface area (Å²) in [6.45, 7) is 1.94. The number of benzene rings is 2. The fourth-order valence-corrected chi connectivity index (χ4v) is 2.51. The zero-order valence-electron chi connectivity index (χ0n) is 9.75. The molecule has 18 heavy (non-hydrogen) atoms. The van der Waals surface area contributed by atoms with Crippen LogP contribution in [0.5, 0.6) is 0 Å². The predicted molar refractivity (Wildman–Crippen MR) is 77.6 cm³/mol. The number of anilines is 1. The Kier molecular flexibility index (Phi) is 4.25. The summed E-state index contributed by atoms with van der Waals surface area (Å²) in [5, 5.41) is 3.80. The van der Waals surface area contributed by atoms with Crippen molar-refractivity contribution >= 4 is 33.2 Å². The molecule has 0 fully saturated rings. The van der Waals surface area contributed by atoms with Gasteiger partial charge in [-0.25, -0.2) is 4.39 Å². The van der Waals surface area contributed by atoms with Crippen LogP contribution in [0.2, 0.25) is 5.02 Å². The third-order valence-electron chi connectivity index (χ3n) is 2.70. The molecule has 0 aliphatic heterocycles. The van der Waals surface area contributed by atoms with Gasteiger partial charge in [0.15, 0.2) is 0 Å². The van der Waals surface area contributed by atoms with E-state index in [0.717, 1.165) is 5.56 Å². The molecule has 0 radical (unpaired) electrons. The Labute approximate surface area is 119 Å². The van der Waals surface area contributed by atoms with Crippen LogP contribution >= 0.6 is 27.5 Å². The Morgan fingerprint density at radius 3 is 2.56 bits per heavy atom. The molecule has 0 saturated carbocycles. The maximum absolute atomic E-state index is 13.7. The van der Waals surface area contributed by atoms with E-state index in [2.05, 4.69) is 21.2 Å². The van der Waals surface area contributed by atoms with Gasteiger partial charge in [-0.2, -0.15) is 0 Å². The van der Waals surface area contributed by atoms with Crippen LogP contribution in [0.3, 0.4) is 0 Å². The SMILES string of the molecule is CC(Nc1c(F)cccc1Br)c1ccccc1Cl. The minimum atomic E-state index is -0.289. The molecule has 1 nitrogen and oxygen atoms in total. The van der Waals surface area contributed by atoms with Crippen LogP contribution < -0.4 is 5.32 Å². The lowest BCUT2D eigenvalue weighted by atomic mass is 10.1. The third-order valence-corrected chi connectivity index (χ3v) is 3.70. The molecule has 2 aromatic carbocycles. The molecule has 1 unspecified atom stereocenters. The van der Waals surface area contributed by atoms with Crippen LogP contribution in [0.15, 0.2) is 46.9 Å². The van der Waals surface area contributed by atoms with Gasteiger partial charge in [-0.3, -0.25) is 0 Å². The molecule has 0 spiro atoms. The highest BCUT2D eigenvalue weighted by molar-refractivity contribution is 9.10. The average Bonchev–Trinajstić information content (AvgIpc) is 2.34. The molecule has 2 rings (SSSR count). The number of para-hydroxylation sites is 1. The Bertz CT molecular complexity index is 539. The van der Waals surface area contributed by atoms with Gasteiger partial charge in [0.1, 0.15) is 5.82 Å². The van der Waals surface area contributed by atoms with Crippen molar-refractivity contribution in [2.75, 3.05) is 5.32 Å². The summed E-state index contributed by atoms with van der Waals surface area (Å²) in [5.74, 6) is -0.289. The minimum Gasteiger partial charge on any atom is -0.375 e. The molecule has 0 aromatic heterocycles. The summed E-state index contributed by atoms with van der Waals surface area (Å²) in [7, 11) is 0. The molecule has 0 saturated heterocycles. The smallest absolute Gasteiger partial charge is 0.147 e. The molecule has 0 bridgehead atoms. The second-order valence-corrected chi connectivity index (χ2v) is 5.25. The van der Waals surface area contributed by atoms with E-state index in [1.54, 1.807) is 12.1 Å². The number of nitrogens with one attached hydrogen (secondary N) is 1. The quantitative estimate of drug-likeness (QED) is 0.794. The van der Waals surface area contributed by atoms with E-state index in [4.69, 9.17) is 11.6 Å².